The molecule has 21 heavy (non-hydrogen) atoms. The topological polar surface area (TPSA) is 73.1 Å². The number of nitrogens with one attached hydrogen (secondary N) is 1. The maximum absolute atomic E-state index is 5.96. The summed E-state index contributed by atoms with van der Waals surface area (Å²) >= 11 is 0. The summed E-state index contributed by atoms with van der Waals surface area (Å²) in [5.41, 5.74) is 7.92. The maximum atomic E-state index is 5.96. The van der Waals surface area contributed by atoms with Crippen LogP contribution in [0.1, 0.15) is 30.3 Å². The van der Waals surface area contributed by atoms with Crippen LogP contribution in [0.15, 0.2) is 24.3 Å². The van der Waals surface area contributed by atoms with Gasteiger partial charge in [0.1, 0.15) is 23.2 Å². The van der Waals surface area contributed by atoms with E-state index in [4.69, 9.17) is 10.5 Å². The minimum atomic E-state index is 0.538. The smallest absolute Gasteiger partial charge is 0.135 e. The SMILES string of the molecule is CCCc1nc(N)c(C)c(NCc2ccccc2OC)n1. The van der Waals surface area contributed by atoms with E-state index in [-0.39, 0.29) is 0 Å². The van der Waals surface area contributed by atoms with Crippen molar-refractivity contribution in [1.29, 1.82) is 0 Å². The number of ether oxygens (including phenoxy) is 1. The van der Waals surface area contributed by atoms with Gasteiger partial charge in [0, 0.05) is 24.1 Å². The van der Waals surface area contributed by atoms with E-state index in [2.05, 4.69) is 22.2 Å². The van der Waals surface area contributed by atoms with E-state index in [1.54, 1.807) is 7.11 Å². The van der Waals surface area contributed by atoms with Crippen molar-refractivity contribution >= 4 is 11.6 Å². The molecule has 0 radical (unpaired) electrons. The van der Waals surface area contributed by atoms with Gasteiger partial charge in [-0.15, -0.1) is 0 Å². The molecule has 0 bridgehead atoms. The molecule has 0 atom stereocenters. The molecule has 0 saturated heterocycles. The van der Waals surface area contributed by atoms with Gasteiger partial charge >= 0.3 is 0 Å². The van der Waals surface area contributed by atoms with E-state index in [9.17, 15) is 0 Å². The zero-order valence-corrected chi connectivity index (χ0v) is 12.8. The molecule has 2 aromatic rings. The maximum Gasteiger partial charge on any atom is 0.135 e. The number of nitrogen functional groups attached to an aromatic ring is 1. The van der Waals surface area contributed by atoms with Gasteiger partial charge in [0.2, 0.25) is 0 Å². The zero-order valence-electron chi connectivity index (χ0n) is 12.8. The van der Waals surface area contributed by atoms with Gasteiger partial charge in [-0.3, -0.25) is 0 Å². The van der Waals surface area contributed by atoms with Crippen molar-refractivity contribution in [2.75, 3.05) is 18.2 Å². The fourth-order valence-electron chi connectivity index (χ4n) is 2.12. The summed E-state index contributed by atoms with van der Waals surface area (Å²) in [5.74, 6) is 2.97. The van der Waals surface area contributed by atoms with Gasteiger partial charge in [-0.05, 0) is 19.4 Å². The van der Waals surface area contributed by atoms with Crippen molar-refractivity contribution < 1.29 is 4.74 Å². The first-order chi connectivity index (χ1) is 10.2. The summed E-state index contributed by atoms with van der Waals surface area (Å²) in [6.45, 7) is 4.66. The molecule has 0 saturated carbocycles. The number of aryl methyl sites for hydroxylation is 1. The van der Waals surface area contributed by atoms with Gasteiger partial charge in [0.15, 0.2) is 0 Å². The molecule has 5 nitrogen and oxygen atoms in total. The van der Waals surface area contributed by atoms with Crippen LogP contribution in [0.2, 0.25) is 0 Å². The summed E-state index contributed by atoms with van der Waals surface area (Å²) in [7, 11) is 1.67. The predicted octanol–water partition coefficient (Wildman–Crippen LogP) is 2.94. The van der Waals surface area contributed by atoms with Crippen LogP contribution in [-0.2, 0) is 13.0 Å². The van der Waals surface area contributed by atoms with Crippen LogP contribution >= 0.6 is 0 Å². The quantitative estimate of drug-likeness (QED) is 0.854. The number of nitrogens with zero attached hydrogens (tertiary/aromatic N) is 2. The molecule has 2 rings (SSSR count). The lowest BCUT2D eigenvalue weighted by Gasteiger charge is -2.13. The van der Waals surface area contributed by atoms with Crippen LogP contribution in [0, 0.1) is 6.92 Å². The minimum absolute atomic E-state index is 0.538. The normalized spacial score (nSPS) is 10.4. The number of anilines is 2. The third-order valence-electron chi connectivity index (χ3n) is 3.34. The van der Waals surface area contributed by atoms with Crippen LogP contribution in [-0.4, -0.2) is 17.1 Å². The summed E-state index contributed by atoms with van der Waals surface area (Å²) in [4.78, 5) is 8.86. The van der Waals surface area contributed by atoms with E-state index in [0.717, 1.165) is 41.4 Å². The molecular formula is C16H22N4O. The fraction of sp³-hybridized carbons (Fsp3) is 0.375. The van der Waals surface area contributed by atoms with Crippen molar-refractivity contribution in [3.63, 3.8) is 0 Å². The van der Waals surface area contributed by atoms with Gasteiger partial charge in [-0.25, -0.2) is 9.97 Å². The minimum Gasteiger partial charge on any atom is -0.496 e. The third-order valence-corrected chi connectivity index (χ3v) is 3.34. The number of hydrogen-bond donors (Lipinski definition) is 2. The molecule has 0 spiro atoms. The van der Waals surface area contributed by atoms with Crippen molar-refractivity contribution in [3.05, 3.63) is 41.2 Å². The Hall–Kier alpha value is -2.30. The molecular weight excluding hydrogens is 264 g/mol. The molecule has 0 unspecified atom stereocenters. The first-order valence-corrected chi connectivity index (χ1v) is 7.14. The van der Waals surface area contributed by atoms with Crippen LogP contribution in [0.25, 0.3) is 0 Å². The second kappa shape index (κ2) is 6.92. The Bertz CT molecular complexity index is 613. The largest absolute Gasteiger partial charge is 0.496 e. The van der Waals surface area contributed by atoms with Crippen LogP contribution in [0.3, 0.4) is 0 Å². The highest BCUT2D eigenvalue weighted by atomic mass is 16.5. The molecule has 0 fully saturated rings. The first-order valence-electron chi connectivity index (χ1n) is 7.14. The number of para-hydroxylation sites is 1. The lowest BCUT2D eigenvalue weighted by atomic mass is 10.2. The molecule has 0 aliphatic rings. The van der Waals surface area contributed by atoms with Crippen molar-refractivity contribution in [1.82, 2.24) is 9.97 Å². The van der Waals surface area contributed by atoms with Gasteiger partial charge in [-0.2, -0.15) is 0 Å². The van der Waals surface area contributed by atoms with E-state index in [0.29, 0.717) is 12.4 Å². The Labute approximate surface area is 125 Å². The Morgan fingerprint density at radius 3 is 2.71 bits per heavy atom. The van der Waals surface area contributed by atoms with Gasteiger partial charge in [0.25, 0.3) is 0 Å². The third kappa shape index (κ3) is 3.62. The van der Waals surface area contributed by atoms with Crippen molar-refractivity contribution in [2.45, 2.75) is 33.2 Å². The summed E-state index contributed by atoms with van der Waals surface area (Å²) in [6.07, 6.45) is 1.82. The molecule has 1 aromatic carbocycles. The number of methoxy groups -OCH3 is 1. The molecule has 0 amide bonds. The molecule has 5 heteroatoms. The molecule has 1 aromatic heterocycles. The van der Waals surface area contributed by atoms with Gasteiger partial charge in [0.05, 0.1) is 7.11 Å². The summed E-state index contributed by atoms with van der Waals surface area (Å²) in [6, 6.07) is 7.91. The average Bonchev–Trinajstić information content (AvgIpc) is 2.50. The summed E-state index contributed by atoms with van der Waals surface area (Å²) in [5, 5.41) is 3.33. The van der Waals surface area contributed by atoms with E-state index in [1.165, 1.54) is 0 Å². The lowest BCUT2D eigenvalue weighted by Crippen LogP contribution is -2.10. The predicted molar refractivity (Wildman–Crippen MR) is 85.5 cm³/mol. The number of benzene rings is 1. The van der Waals surface area contributed by atoms with Gasteiger partial charge in [-0.1, -0.05) is 25.1 Å². The highest BCUT2D eigenvalue weighted by molar-refractivity contribution is 5.55. The standard InChI is InChI=1S/C16H22N4O/c1-4-7-14-19-15(17)11(2)16(20-14)18-10-12-8-5-6-9-13(12)21-3/h5-6,8-9H,4,7,10H2,1-3H3,(H3,17,18,19,20). The van der Waals surface area contributed by atoms with Crippen LogP contribution in [0.4, 0.5) is 11.6 Å². The molecule has 1 heterocycles. The molecule has 112 valence electrons. The first kappa shape index (κ1) is 15.1. The Morgan fingerprint density at radius 1 is 1.24 bits per heavy atom. The molecule has 3 N–H and O–H groups in total. The lowest BCUT2D eigenvalue weighted by molar-refractivity contribution is 0.410. The number of nitrogens with two attached hydrogens (primary N) is 1. The van der Waals surface area contributed by atoms with Crippen molar-refractivity contribution in [3.8, 4) is 5.75 Å². The summed E-state index contributed by atoms with van der Waals surface area (Å²) < 4.78 is 5.35. The van der Waals surface area contributed by atoms with Crippen molar-refractivity contribution in [2.24, 2.45) is 0 Å². The van der Waals surface area contributed by atoms with E-state index >= 15 is 0 Å². The Kier molecular flexibility index (Phi) is 4.98. The monoisotopic (exact) mass is 286 g/mol. The fourth-order valence-corrected chi connectivity index (χ4v) is 2.12. The second-order valence-corrected chi connectivity index (χ2v) is 4.91. The Balaban J connectivity index is 2.19. The van der Waals surface area contributed by atoms with E-state index < -0.39 is 0 Å². The number of rotatable bonds is 6. The van der Waals surface area contributed by atoms with Crippen LogP contribution < -0.4 is 15.8 Å². The molecule has 0 aliphatic carbocycles. The highest BCUT2D eigenvalue weighted by Crippen LogP contribution is 2.21. The molecule has 0 aliphatic heterocycles. The highest BCUT2D eigenvalue weighted by Gasteiger charge is 2.09. The van der Waals surface area contributed by atoms with E-state index in [1.807, 2.05) is 31.2 Å². The number of hydrogen-bond acceptors (Lipinski definition) is 5. The second-order valence-electron chi connectivity index (χ2n) is 4.91. The van der Waals surface area contributed by atoms with Crippen LogP contribution in [0.5, 0.6) is 5.75 Å². The van der Waals surface area contributed by atoms with Gasteiger partial charge < -0.3 is 15.8 Å². The average molecular weight is 286 g/mol. The number of aromatic nitrogens is 2. The Morgan fingerprint density at radius 2 is 2.00 bits per heavy atom. The zero-order chi connectivity index (χ0) is 15.2.